The molecule has 5 nitrogen and oxygen atoms in total. The van der Waals surface area contributed by atoms with Crippen LogP contribution in [0.25, 0.3) is 0 Å². The van der Waals surface area contributed by atoms with Gasteiger partial charge in [-0.2, -0.15) is 5.26 Å². The number of amides is 1. The van der Waals surface area contributed by atoms with E-state index in [0.29, 0.717) is 18.7 Å². The Morgan fingerprint density at radius 3 is 3.10 bits per heavy atom. The fraction of sp³-hybridized carbons (Fsp3) is 0.429. The molecule has 0 aromatic heterocycles. The van der Waals surface area contributed by atoms with Gasteiger partial charge >= 0.3 is 0 Å². The van der Waals surface area contributed by atoms with E-state index in [1.165, 1.54) is 0 Å². The van der Waals surface area contributed by atoms with Crippen molar-refractivity contribution in [1.29, 1.82) is 5.26 Å². The van der Waals surface area contributed by atoms with Gasteiger partial charge < -0.3 is 16.0 Å². The SMILES string of the molecule is CCSc1cccc(N2CCNCC2C(N)=O)c1C#N. The van der Waals surface area contributed by atoms with Crippen LogP contribution in [0.2, 0.25) is 0 Å². The molecule has 0 bridgehead atoms. The summed E-state index contributed by atoms with van der Waals surface area (Å²) in [6.07, 6.45) is 0. The van der Waals surface area contributed by atoms with Gasteiger partial charge in [-0.3, -0.25) is 4.79 Å². The van der Waals surface area contributed by atoms with Crippen molar-refractivity contribution in [2.75, 3.05) is 30.3 Å². The van der Waals surface area contributed by atoms with Gasteiger partial charge in [-0.25, -0.2) is 0 Å². The van der Waals surface area contributed by atoms with Crippen molar-refractivity contribution in [3.8, 4) is 6.07 Å². The van der Waals surface area contributed by atoms with E-state index in [1.807, 2.05) is 23.1 Å². The third kappa shape index (κ3) is 2.89. The molecule has 1 aromatic rings. The smallest absolute Gasteiger partial charge is 0.241 e. The molecule has 2 rings (SSSR count). The van der Waals surface area contributed by atoms with Gasteiger partial charge in [-0.05, 0) is 17.9 Å². The maximum atomic E-state index is 11.6. The highest BCUT2D eigenvalue weighted by Gasteiger charge is 2.29. The number of thioether (sulfide) groups is 1. The minimum absolute atomic E-state index is 0.366. The Kier molecular flexibility index (Phi) is 4.88. The normalized spacial score (nSPS) is 18.6. The number of primary amides is 1. The van der Waals surface area contributed by atoms with Gasteiger partial charge in [0.2, 0.25) is 5.91 Å². The van der Waals surface area contributed by atoms with E-state index < -0.39 is 6.04 Å². The molecule has 1 amide bonds. The zero-order valence-electron chi connectivity index (χ0n) is 11.4. The Balaban J connectivity index is 2.42. The van der Waals surface area contributed by atoms with Crippen LogP contribution in [0.4, 0.5) is 5.69 Å². The standard InChI is InChI=1S/C14H18N4OS/c1-2-20-13-5-3-4-11(10(13)8-15)18-7-6-17-9-12(18)14(16)19/h3-5,12,17H,2,6-7,9H2,1H3,(H2,16,19). The number of nitrogens with zero attached hydrogens (tertiary/aromatic N) is 2. The summed E-state index contributed by atoms with van der Waals surface area (Å²) in [5.41, 5.74) is 6.91. The van der Waals surface area contributed by atoms with Gasteiger partial charge in [0.1, 0.15) is 12.1 Å². The van der Waals surface area contributed by atoms with Gasteiger partial charge in [0, 0.05) is 24.5 Å². The van der Waals surface area contributed by atoms with Crippen LogP contribution in [-0.2, 0) is 4.79 Å². The highest BCUT2D eigenvalue weighted by Crippen LogP contribution is 2.31. The number of rotatable bonds is 4. The summed E-state index contributed by atoms with van der Waals surface area (Å²) in [5.74, 6) is 0.536. The molecule has 0 saturated carbocycles. The van der Waals surface area contributed by atoms with Gasteiger partial charge in [-0.15, -0.1) is 11.8 Å². The molecule has 1 fully saturated rings. The molecule has 1 heterocycles. The first-order chi connectivity index (χ1) is 9.69. The molecule has 6 heteroatoms. The van der Waals surface area contributed by atoms with E-state index in [1.54, 1.807) is 11.8 Å². The van der Waals surface area contributed by atoms with Gasteiger partial charge in [0.25, 0.3) is 0 Å². The van der Waals surface area contributed by atoms with E-state index >= 15 is 0 Å². The second-order valence-electron chi connectivity index (χ2n) is 4.51. The van der Waals surface area contributed by atoms with Gasteiger partial charge in [0.05, 0.1) is 11.3 Å². The molecule has 0 spiro atoms. The Hall–Kier alpha value is -1.71. The average molecular weight is 290 g/mol. The summed E-state index contributed by atoms with van der Waals surface area (Å²) in [4.78, 5) is 14.5. The van der Waals surface area contributed by atoms with Crippen molar-refractivity contribution < 1.29 is 4.79 Å². The number of carbonyl (C=O) groups is 1. The maximum absolute atomic E-state index is 11.6. The number of anilines is 1. The van der Waals surface area contributed by atoms with Crippen molar-refractivity contribution in [3.63, 3.8) is 0 Å². The molecule has 0 radical (unpaired) electrons. The summed E-state index contributed by atoms with van der Waals surface area (Å²) in [7, 11) is 0. The van der Waals surface area contributed by atoms with Gasteiger partial charge in [0.15, 0.2) is 0 Å². The lowest BCUT2D eigenvalue weighted by atomic mass is 10.1. The molecule has 1 saturated heterocycles. The molecule has 1 atom stereocenters. The van der Waals surface area contributed by atoms with Crippen molar-refractivity contribution in [2.45, 2.75) is 17.9 Å². The first-order valence-electron chi connectivity index (χ1n) is 6.61. The van der Waals surface area contributed by atoms with Crippen LogP contribution < -0.4 is 16.0 Å². The third-order valence-electron chi connectivity index (χ3n) is 3.30. The van der Waals surface area contributed by atoms with Crippen molar-refractivity contribution in [1.82, 2.24) is 5.32 Å². The molecular formula is C14H18N4OS. The van der Waals surface area contributed by atoms with E-state index in [9.17, 15) is 10.1 Å². The molecule has 106 valence electrons. The van der Waals surface area contributed by atoms with Crippen molar-refractivity contribution in [2.24, 2.45) is 5.73 Å². The minimum Gasteiger partial charge on any atom is -0.368 e. The number of nitrogens with two attached hydrogens (primary N) is 1. The van der Waals surface area contributed by atoms with Crippen LogP contribution in [0.3, 0.4) is 0 Å². The third-order valence-corrected chi connectivity index (χ3v) is 4.24. The number of benzene rings is 1. The second-order valence-corrected chi connectivity index (χ2v) is 5.82. The van der Waals surface area contributed by atoms with Crippen molar-refractivity contribution in [3.05, 3.63) is 23.8 Å². The molecule has 1 aromatic carbocycles. The highest BCUT2D eigenvalue weighted by atomic mass is 32.2. The lowest BCUT2D eigenvalue weighted by Gasteiger charge is -2.36. The Bertz CT molecular complexity index is 540. The predicted molar refractivity (Wildman–Crippen MR) is 80.8 cm³/mol. The summed E-state index contributed by atoms with van der Waals surface area (Å²) >= 11 is 1.63. The predicted octanol–water partition coefficient (Wildman–Crippen LogP) is 0.934. The topological polar surface area (TPSA) is 82.2 Å². The Morgan fingerprint density at radius 1 is 1.65 bits per heavy atom. The van der Waals surface area contributed by atoms with Gasteiger partial charge in [-0.1, -0.05) is 13.0 Å². The number of hydrogen-bond acceptors (Lipinski definition) is 5. The van der Waals surface area contributed by atoms with Crippen LogP contribution >= 0.6 is 11.8 Å². The Labute approximate surface area is 123 Å². The summed E-state index contributed by atoms with van der Waals surface area (Å²) < 4.78 is 0. The van der Waals surface area contributed by atoms with E-state index in [2.05, 4.69) is 18.3 Å². The molecule has 1 unspecified atom stereocenters. The number of hydrogen-bond donors (Lipinski definition) is 2. The molecular weight excluding hydrogens is 272 g/mol. The lowest BCUT2D eigenvalue weighted by Crippen LogP contribution is -2.57. The van der Waals surface area contributed by atoms with E-state index in [0.717, 1.165) is 22.9 Å². The maximum Gasteiger partial charge on any atom is 0.241 e. The number of nitriles is 1. The minimum atomic E-state index is -0.405. The van der Waals surface area contributed by atoms with Crippen LogP contribution in [0.15, 0.2) is 23.1 Å². The molecule has 0 aliphatic carbocycles. The molecule has 1 aliphatic rings. The number of carbonyl (C=O) groups excluding carboxylic acids is 1. The zero-order chi connectivity index (χ0) is 14.5. The summed E-state index contributed by atoms with van der Waals surface area (Å²) in [6.45, 7) is 4.02. The molecule has 20 heavy (non-hydrogen) atoms. The molecule has 1 aliphatic heterocycles. The second kappa shape index (κ2) is 6.64. The number of piperazine rings is 1. The summed E-state index contributed by atoms with van der Waals surface area (Å²) in [5, 5.41) is 12.6. The largest absolute Gasteiger partial charge is 0.368 e. The monoisotopic (exact) mass is 290 g/mol. The first-order valence-corrected chi connectivity index (χ1v) is 7.60. The fourth-order valence-electron chi connectivity index (χ4n) is 2.39. The van der Waals surface area contributed by atoms with E-state index in [4.69, 9.17) is 5.73 Å². The summed E-state index contributed by atoms with van der Waals surface area (Å²) in [6, 6.07) is 7.62. The van der Waals surface area contributed by atoms with Crippen LogP contribution in [0, 0.1) is 11.3 Å². The fourth-order valence-corrected chi connectivity index (χ4v) is 3.17. The first kappa shape index (κ1) is 14.7. The van der Waals surface area contributed by atoms with Crippen LogP contribution in [0.5, 0.6) is 0 Å². The quantitative estimate of drug-likeness (QED) is 0.806. The average Bonchev–Trinajstić information content (AvgIpc) is 2.47. The van der Waals surface area contributed by atoms with Crippen LogP contribution in [0.1, 0.15) is 12.5 Å². The van der Waals surface area contributed by atoms with Crippen molar-refractivity contribution >= 4 is 23.4 Å². The van der Waals surface area contributed by atoms with E-state index in [-0.39, 0.29) is 5.91 Å². The number of nitrogens with one attached hydrogen (secondary N) is 1. The Morgan fingerprint density at radius 2 is 2.45 bits per heavy atom. The zero-order valence-corrected chi connectivity index (χ0v) is 12.2. The van der Waals surface area contributed by atoms with Crippen LogP contribution in [-0.4, -0.2) is 37.3 Å². The lowest BCUT2D eigenvalue weighted by molar-refractivity contribution is -0.119. The molecule has 3 N–H and O–H groups in total. The highest BCUT2D eigenvalue weighted by molar-refractivity contribution is 7.99.